The lowest BCUT2D eigenvalue weighted by molar-refractivity contribution is 0.0746. The molecule has 0 N–H and O–H groups in total. The molecule has 29 heavy (non-hydrogen) atoms. The van der Waals surface area contributed by atoms with Crippen molar-refractivity contribution < 1.29 is 13.2 Å². The normalized spacial score (nSPS) is 18.2. The molecule has 0 unspecified atom stereocenters. The maximum absolute atomic E-state index is 13.0. The quantitative estimate of drug-likeness (QED) is 0.739. The standard InChI is InChI=1S/C20H23ClN4O3S/c21-18-4-3-16(15-19(18)29(27,28)25-9-1-2-10-25)20(26)24-13-11-23(12-14-24)17-5-7-22-8-6-17/h3-8,15H,1-2,9-14H2. The van der Waals surface area contributed by atoms with Crippen molar-refractivity contribution in [3.05, 3.63) is 53.3 Å². The van der Waals surface area contributed by atoms with Crippen LogP contribution in [0.2, 0.25) is 5.02 Å². The van der Waals surface area contributed by atoms with Gasteiger partial charge in [0.1, 0.15) is 4.90 Å². The number of benzene rings is 1. The molecule has 0 aliphatic carbocycles. The van der Waals surface area contributed by atoms with Gasteiger partial charge in [0.2, 0.25) is 10.0 Å². The van der Waals surface area contributed by atoms with E-state index in [9.17, 15) is 13.2 Å². The molecule has 4 rings (SSSR count). The number of piperazine rings is 1. The van der Waals surface area contributed by atoms with E-state index in [0.29, 0.717) is 44.8 Å². The monoisotopic (exact) mass is 434 g/mol. The Kier molecular flexibility index (Phi) is 5.76. The van der Waals surface area contributed by atoms with Crippen LogP contribution >= 0.6 is 11.6 Å². The van der Waals surface area contributed by atoms with Crippen molar-refractivity contribution in [3.63, 3.8) is 0 Å². The highest BCUT2D eigenvalue weighted by molar-refractivity contribution is 7.89. The fourth-order valence-electron chi connectivity index (χ4n) is 3.81. The van der Waals surface area contributed by atoms with Crippen LogP contribution in [0.5, 0.6) is 0 Å². The van der Waals surface area contributed by atoms with Crippen LogP contribution in [-0.4, -0.2) is 67.8 Å². The number of aromatic nitrogens is 1. The number of sulfonamides is 1. The van der Waals surface area contributed by atoms with Gasteiger partial charge in [-0.2, -0.15) is 4.31 Å². The minimum Gasteiger partial charge on any atom is -0.368 e. The first-order valence-electron chi connectivity index (χ1n) is 9.71. The summed E-state index contributed by atoms with van der Waals surface area (Å²) in [6.45, 7) is 3.54. The van der Waals surface area contributed by atoms with E-state index in [1.165, 1.54) is 16.4 Å². The first-order chi connectivity index (χ1) is 14.0. The number of nitrogens with zero attached hydrogens (tertiary/aromatic N) is 4. The van der Waals surface area contributed by atoms with Crippen molar-refractivity contribution in [1.29, 1.82) is 0 Å². The number of carbonyl (C=O) groups is 1. The molecule has 2 fully saturated rings. The van der Waals surface area contributed by atoms with Crippen molar-refractivity contribution in [2.24, 2.45) is 0 Å². The lowest BCUT2D eigenvalue weighted by Crippen LogP contribution is -2.48. The molecule has 0 saturated carbocycles. The molecule has 0 bridgehead atoms. The van der Waals surface area contributed by atoms with Gasteiger partial charge in [-0.05, 0) is 43.2 Å². The molecule has 9 heteroatoms. The number of hydrogen-bond donors (Lipinski definition) is 0. The summed E-state index contributed by atoms with van der Waals surface area (Å²) in [7, 11) is -3.68. The molecule has 154 valence electrons. The van der Waals surface area contributed by atoms with Gasteiger partial charge < -0.3 is 9.80 Å². The van der Waals surface area contributed by atoms with Crippen LogP contribution in [0.15, 0.2) is 47.6 Å². The fraction of sp³-hybridized carbons (Fsp3) is 0.400. The van der Waals surface area contributed by atoms with Crippen molar-refractivity contribution in [2.75, 3.05) is 44.2 Å². The molecule has 1 aromatic carbocycles. The van der Waals surface area contributed by atoms with E-state index in [1.54, 1.807) is 23.4 Å². The highest BCUT2D eigenvalue weighted by Crippen LogP contribution is 2.28. The average molecular weight is 435 g/mol. The Labute approximate surface area is 175 Å². The zero-order valence-corrected chi connectivity index (χ0v) is 17.6. The first kappa shape index (κ1) is 20.1. The summed E-state index contributed by atoms with van der Waals surface area (Å²) in [5.74, 6) is -0.172. The Hall–Kier alpha value is -2.16. The molecule has 2 aliphatic heterocycles. The molecule has 2 aliphatic rings. The molecular weight excluding hydrogens is 412 g/mol. The summed E-state index contributed by atoms with van der Waals surface area (Å²) in [5.41, 5.74) is 1.43. The van der Waals surface area contributed by atoms with Crippen LogP contribution in [0.3, 0.4) is 0 Å². The minimum atomic E-state index is -3.68. The first-order valence-corrected chi connectivity index (χ1v) is 11.5. The molecule has 1 amide bonds. The molecule has 3 heterocycles. The van der Waals surface area contributed by atoms with Gasteiger partial charge in [0.15, 0.2) is 0 Å². The average Bonchev–Trinajstić information content (AvgIpc) is 3.30. The molecule has 0 atom stereocenters. The van der Waals surface area contributed by atoms with Gasteiger partial charge in [0.05, 0.1) is 5.02 Å². The molecule has 7 nitrogen and oxygen atoms in total. The van der Waals surface area contributed by atoms with Crippen molar-refractivity contribution in [2.45, 2.75) is 17.7 Å². The minimum absolute atomic E-state index is 0.0161. The summed E-state index contributed by atoms with van der Waals surface area (Å²) in [6.07, 6.45) is 5.19. The third-order valence-corrected chi connectivity index (χ3v) is 7.84. The predicted molar refractivity (Wildman–Crippen MR) is 112 cm³/mol. The van der Waals surface area contributed by atoms with E-state index in [-0.39, 0.29) is 15.8 Å². The van der Waals surface area contributed by atoms with Crippen LogP contribution < -0.4 is 4.90 Å². The number of carbonyl (C=O) groups excluding carboxylic acids is 1. The Bertz CT molecular complexity index is 986. The molecule has 2 aromatic rings. The zero-order chi connectivity index (χ0) is 20.4. The summed E-state index contributed by atoms with van der Waals surface area (Å²) in [5, 5.41) is 0.149. The van der Waals surface area contributed by atoms with E-state index >= 15 is 0 Å². The molecule has 0 spiro atoms. The predicted octanol–water partition coefficient (Wildman–Crippen LogP) is 2.48. The number of rotatable bonds is 4. The van der Waals surface area contributed by atoms with Crippen LogP contribution in [0.25, 0.3) is 0 Å². The van der Waals surface area contributed by atoms with E-state index < -0.39 is 10.0 Å². The topological polar surface area (TPSA) is 73.8 Å². The summed E-state index contributed by atoms with van der Waals surface area (Å²) >= 11 is 6.19. The Morgan fingerprint density at radius 2 is 1.59 bits per heavy atom. The second-order valence-electron chi connectivity index (χ2n) is 7.24. The van der Waals surface area contributed by atoms with E-state index in [0.717, 1.165) is 18.5 Å². The van der Waals surface area contributed by atoms with Crippen molar-refractivity contribution in [1.82, 2.24) is 14.2 Å². The lowest BCUT2D eigenvalue weighted by atomic mass is 10.1. The van der Waals surface area contributed by atoms with Gasteiger partial charge >= 0.3 is 0 Å². The highest BCUT2D eigenvalue weighted by Gasteiger charge is 2.30. The second-order valence-corrected chi connectivity index (χ2v) is 9.55. The fourth-order valence-corrected chi connectivity index (χ4v) is 5.82. The Balaban J connectivity index is 1.50. The lowest BCUT2D eigenvalue weighted by Gasteiger charge is -2.36. The second kappa shape index (κ2) is 8.30. The molecule has 1 aromatic heterocycles. The maximum atomic E-state index is 13.0. The summed E-state index contributed by atoms with van der Waals surface area (Å²) in [4.78, 5) is 21.0. The van der Waals surface area contributed by atoms with Crippen LogP contribution in [0.4, 0.5) is 5.69 Å². The Morgan fingerprint density at radius 3 is 2.24 bits per heavy atom. The smallest absolute Gasteiger partial charge is 0.254 e. The van der Waals surface area contributed by atoms with Gasteiger partial charge in [-0.25, -0.2) is 8.42 Å². The molecular formula is C20H23ClN4O3S. The Morgan fingerprint density at radius 1 is 0.931 bits per heavy atom. The number of anilines is 1. The van der Waals surface area contributed by atoms with Gasteiger partial charge in [-0.1, -0.05) is 11.6 Å². The van der Waals surface area contributed by atoms with Crippen molar-refractivity contribution in [3.8, 4) is 0 Å². The third-order valence-electron chi connectivity index (χ3n) is 5.46. The number of amides is 1. The van der Waals surface area contributed by atoms with Gasteiger partial charge in [-0.3, -0.25) is 9.78 Å². The van der Waals surface area contributed by atoms with Crippen LogP contribution in [0.1, 0.15) is 23.2 Å². The number of pyridine rings is 1. The number of halogens is 1. The van der Waals surface area contributed by atoms with Crippen LogP contribution in [-0.2, 0) is 10.0 Å². The summed E-state index contributed by atoms with van der Waals surface area (Å²) < 4.78 is 27.3. The SMILES string of the molecule is O=C(c1ccc(Cl)c(S(=O)(=O)N2CCCC2)c1)N1CCN(c2ccncc2)CC1. The maximum Gasteiger partial charge on any atom is 0.254 e. The van der Waals surface area contributed by atoms with E-state index in [1.807, 2.05) is 12.1 Å². The van der Waals surface area contributed by atoms with Crippen LogP contribution in [0, 0.1) is 0 Å². The van der Waals surface area contributed by atoms with Gasteiger partial charge in [0.25, 0.3) is 5.91 Å². The highest BCUT2D eigenvalue weighted by atomic mass is 35.5. The molecule has 2 saturated heterocycles. The van der Waals surface area contributed by atoms with Gasteiger partial charge in [0, 0.05) is 62.9 Å². The third kappa shape index (κ3) is 4.10. The largest absolute Gasteiger partial charge is 0.368 e. The van der Waals surface area contributed by atoms with E-state index in [4.69, 9.17) is 11.6 Å². The zero-order valence-electron chi connectivity index (χ0n) is 16.0. The number of hydrogen-bond acceptors (Lipinski definition) is 5. The van der Waals surface area contributed by atoms with E-state index in [2.05, 4.69) is 9.88 Å². The summed E-state index contributed by atoms with van der Waals surface area (Å²) in [6, 6.07) is 8.43. The van der Waals surface area contributed by atoms with Crippen molar-refractivity contribution >= 4 is 33.2 Å². The molecule has 0 radical (unpaired) electrons. The van der Waals surface area contributed by atoms with Gasteiger partial charge in [-0.15, -0.1) is 0 Å².